The minimum Gasteiger partial charge on any atom is -0.467 e. The van der Waals surface area contributed by atoms with Crippen LogP contribution in [0.5, 0.6) is 0 Å². The monoisotopic (exact) mass is 265 g/mol. The SMILES string of the molecule is COC(=O)c1coc(CN[C@@H](C)C2CCCCC2)c1. The van der Waals surface area contributed by atoms with E-state index in [1.54, 1.807) is 6.07 Å². The van der Waals surface area contributed by atoms with Gasteiger partial charge in [-0.2, -0.15) is 0 Å². The van der Waals surface area contributed by atoms with Crippen LogP contribution in [-0.4, -0.2) is 19.1 Å². The molecule has 0 radical (unpaired) electrons. The highest BCUT2D eigenvalue weighted by Crippen LogP contribution is 2.26. The van der Waals surface area contributed by atoms with Crippen molar-refractivity contribution in [1.82, 2.24) is 5.32 Å². The Morgan fingerprint density at radius 1 is 1.47 bits per heavy atom. The van der Waals surface area contributed by atoms with E-state index in [9.17, 15) is 4.79 Å². The van der Waals surface area contributed by atoms with Crippen LogP contribution in [-0.2, 0) is 11.3 Å². The fraction of sp³-hybridized carbons (Fsp3) is 0.667. The van der Waals surface area contributed by atoms with Crippen LogP contribution in [0.4, 0.5) is 0 Å². The van der Waals surface area contributed by atoms with E-state index in [1.165, 1.54) is 45.5 Å². The highest BCUT2D eigenvalue weighted by molar-refractivity contribution is 5.88. The molecule has 1 N–H and O–H groups in total. The second-order valence-corrected chi connectivity index (χ2v) is 5.36. The van der Waals surface area contributed by atoms with Gasteiger partial charge in [0, 0.05) is 6.04 Å². The number of hydrogen-bond acceptors (Lipinski definition) is 4. The lowest BCUT2D eigenvalue weighted by atomic mass is 9.84. The van der Waals surface area contributed by atoms with Gasteiger partial charge >= 0.3 is 5.97 Å². The van der Waals surface area contributed by atoms with Crippen molar-refractivity contribution in [3.8, 4) is 0 Å². The predicted molar refractivity (Wildman–Crippen MR) is 72.9 cm³/mol. The molecule has 106 valence electrons. The van der Waals surface area contributed by atoms with Gasteiger partial charge in [-0.3, -0.25) is 0 Å². The average molecular weight is 265 g/mol. The minimum absolute atomic E-state index is 0.352. The Morgan fingerprint density at radius 2 is 2.21 bits per heavy atom. The van der Waals surface area contributed by atoms with Crippen LogP contribution in [0.1, 0.15) is 55.1 Å². The summed E-state index contributed by atoms with van der Waals surface area (Å²) in [5.74, 6) is 1.20. The van der Waals surface area contributed by atoms with Crippen molar-refractivity contribution in [2.45, 2.75) is 51.6 Å². The van der Waals surface area contributed by atoms with Crippen LogP contribution in [0.2, 0.25) is 0 Å². The number of hydrogen-bond donors (Lipinski definition) is 1. The van der Waals surface area contributed by atoms with Crippen molar-refractivity contribution >= 4 is 5.97 Å². The lowest BCUT2D eigenvalue weighted by molar-refractivity contribution is 0.0600. The number of carbonyl (C=O) groups is 1. The van der Waals surface area contributed by atoms with E-state index >= 15 is 0 Å². The summed E-state index contributed by atoms with van der Waals surface area (Å²) in [6, 6.07) is 2.24. The first kappa shape index (κ1) is 14.1. The number of esters is 1. The normalized spacial score (nSPS) is 18.2. The number of furan rings is 1. The summed E-state index contributed by atoms with van der Waals surface area (Å²) in [6.45, 7) is 2.90. The van der Waals surface area contributed by atoms with Crippen molar-refractivity contribution in [3.05, 3.63) is 23.7 Å². The molecule has 2 rings (SSSR count). The van der Waals surface area contributed by atoms with Crippen molar-refractivity contribution in [3.63, 3.8) is 0 Å². The second kappa shape index (κ2) is 6.75. The number of ether oxygens (including phenoxy) is 1. The van der Waals surface area contributed by atoms with E-state index in [4.69, 9.17) is 4.42 Å². The summed E-state index contributed by atoms with van der Waals surface area (Å²) >= 11 is 0. The molecule has 0 bridgehead atoms. The lowest BCUT2D eigenvalue weighted by Gasteiger charge is -2.28. The topological polar surface area (TPSA) is 51.5 Å². The van der Waals surface area contributed by atoms with Crippen LogP contribution in [0.25, 0.3) is 0 Å². The van der Waals surface area contributed by atoms with Gasteiger partial charge in [-0.1, -0.05) is 19.3 Å². The molecule has 4 nitrogen and oxygen atoms in total. The Balaban J connectivity index is 1.81. The Kier molecular flexibility index (Phi) is 5.02. The van der Waals surface area contributed by atoms with E-state index < -0.39 is 0 Å². The van der Waals surface area contributed by atoms with E-state index in [2.05, 4.69) is 17.0 Å². The molecule has 1 aliphatic carbocycles. The van der Waals surface area contributed by atoms with E-state index in [-0.39, 0.29) is 5.97 Å². The van der Waals surface area contributed by atoms with Crippen molar-refractivity contribution in [1.29, 1.82) is 0 Å². The van der Waals surface area contributed by atoms with Gasteiger partial charge in [0.05, 0.1) is 19.2 Å². The van der Waals surface area contributed by atoms with Gasteiger partial charge in [0.2, 0.25) is 0 Å². The third-order valence-corrected chi connectivity index (χ3v) is 4.03. The van der Waals surface area contributed by atoms with Gasteiger partial charge in [0.25, 0.3) is 0 Å². The molecule has 0 unspecified atom stereocenters. The van der Waals surface area contributed by atoms with Crippen molar-refractivity contribution in [2.75, 3.05) is 7.11 Å². The molecule has 0 aromatic carbocycles. The van der Waals surface area contributed by atoms with Crippen LogP contribution < -0.4 is 5.32 Å². The molecule has 1 heterocycles. The first-order chi connectivity index (χ1) is 9.20. The van der Waals surface area contributed by atoms with Crippen LogP contribution in [0, 0.1) is 5.92 Å². The maximum Gasteiger partial charge on any atom is 0.341 e. The van der Waals surface area contributed by atoms with Crippen LogP contribution in [0.3, 0.4) is 0 Å². The van der Waals surface area contributed by atoms with Gasteiger partial charge in [0.1, 0.15) is 12.0 Å². The second-order valence-electron chi connectivity index (χ2n) is 5.36. The predicted octanol–water partition coefficient (Wildman–Crippen LogP) is 3.12. The lowest BCUT2D eigenvalue weighted by Crippen LogP contribution is -2.34. The summed E-state index contributed by atoms with van der Waals surface area (Å²) in [7, 11) is 1.37. The minimum atomic E-state index is -0.352. The first-order valence-electron chi connectivity index (χ1n) is 7.10. The summed E-state index contributed by atoms with van der Waals surface area (Å²) < 4.78 is 10.0. The fourth-order valence-corrected chi connectivity index (χ4v) is 2.76. The van der Waals surface area contributed by atoms with E-state index in [0.717, 1.165) is 11.7 Å². The maximum absolute atomic E-state index is 11.3. The quantitative estimate of drug-likeness (QED) is 0.831. The molecule has 1 atom stereocenters. The zero-order valence-electron chi connectivity index (χ0n) is 11.8. The molecule has 0 spiro atoms. The maximum atomic E-state index is 11.3. The molecular weight excluding hydrogens is 242 g/mol. The summed E-state index contributed by atoms with van der Waals surface area (Å²) in [5, 5.41) is 3.49. The summed E-state index contributed by atoms with van der Waals surface area (Å²) in [6.07, 6.45) is 8.17. The Bertz CT molecular complexity index is 407. The van der Waals surface area contributed by atoms with Crippen molar-refractivity contribution in [2.24, 2.45) is 5.92 Å². The molecule has 1 aromatic rings. The molecule has 1 aromatic heterocycles. The van der Waals surface area contributed by atoms with Gasteiger partial charge in [0.15, 0.2) is 0 Å². The van der Waals surface area contributed by atoms with Gasteiger partial charge < -0.3 is 14.5 Å². The Hall–Kier alpha value is -1.29. The first-order valence-corrected chi connectivity index (χ1v) is 7.10. The number of nitrogens with one attached hydrogen (secondary N) is 1. The van der Waals surface area contributed by atoms with E-state index in [1.807, 2.05) is 0 Å². The third-order valence-electron chi connectivity index (χ3n) is 4.03. The van der Waals surface area contributed by atoms with E-state index in [0.29, 0.717) is 18.2 Å². The molecule has 1 aliphatic rings. The molecule has 1 fully saturated rings. The smallest absolute Gasteiger partial charge is 0.341 e. The molecule has 1 saturated carbocycles. The molecule has 0 amide bonds. The van der Waals surface area contributed by atoms with Gasteiger partial charge in [-0.15, -0.1) is 0 Å². The molecule has 4 heteroatoms. The highest BCUT2D eigenvalue weighted by atomic mass is 16.5. The number of carbonyl (C=O) groups excluding carboxylic acids is 1. The number of rotatable bonds is 5. The Labute approximate surface area is 114 Å². The zero-order chi connectivity index (χ0) is 13.7. The van der Waals surface area contributed by atoms with Crippen LogP contribution >= 0.6 is 0 Å². The zero-order valence-corrected chi connectivity index (χ0v) is 11.8. The molecule has 0 saturated heterocycles. The fourth-order valence-electron chi connectivity index (χ4n) is 2.76. The summed E-state index contributed by atoms with van der Waals surface area (Å²) in [4.78, 5) is 11.3. The third kappa shape index (κ3) is 3.83. The van der Waals surface area contributed by atoms with Crippen molar-refractivity contribution < 1.29 is 13.9 Å². The molecule has 0 aliphatic heterocycles. The van der Waals surface area contributed by atoms with Gasteiger partial charge in [-0.25, -0.2) is 4.79 Å². The largest absolute Gasteiger partial charge is 0.467 e. The van der Waals surface area contributed by atoms with Crippen LogP contribution in [0.15, 0.2) is 16.7 Å². The average Bonchev–Trinajstić information content (AvgIpc) is 2.93. The molecular formula is C15H23NO3. The standard InChI is InChI=1S/C15H23NO3/c1-11(12-6-4-3-5-7-12)16-9-14-8-13(10-19-14)15(17)18-2/h8,10-12,16H,3-7,9H2,1-2H3/t11-/m0/s1. The summed E-state index contributed by atoms with van der Waals surface area (Å²) in [5.41, 5.74) is 0.476. The number of methoxy groups -OCH3 is 1. The molecule has 19 heavy (non-hydrogen) atoms. The van der Waals surface area contributed by atoms with Gasteiger partial charge in [-0.05, 0) is 31.7 Å². The highest BCUT2D eigenvalue weighted by Gasteiger charge is 2.20. The Morgan fingerprint density at radius 3 is 2.89 bits per heavy atom.